The predicted octanol–water partition coefficient (Wildman–Crippen LogP) is 8.50. The van der Waals surface area contributed by atoms with Crippen molar-refractivity contribution >= 4 is 52.4 Å². The van der Waals surface area contributed by atoms with Crippen LogP contribution in [0.2, 0.25) is 15.1 Å². The Morgan fingerprint density at radius 2 is 1.63 bits per heavy atom. The van der Waals surface area contributed by atoms with Crippen molar-refractivity contribution in [3.05, 3.63) is 98.1 Å². The van der Waals surface area contributed by atoms with E-state index in [1.54, 1.807) is 12.1 Å². The molecule has 202 valence electrons. The molecule has 3 rings (SSSR count). The minimum absolute atomic E-state index is 0.0833. The average molecular weight is 601 g/mol. The Bertz CT molecular complexity index is 1340. The van der Waals surface area contributed by atoms with Crippen LogP contribution < -0.4 is 10.4 Å². The molecule has 38 heavy (non-hydrogen) atoms. The lowest BCUT2D eigenvalue weighted by Crippen LogP contribution is -2.40. The molecule has 0 saturated carbocycles. The van der Waals surface area contributed by atoms with E-state index in [4.69, 9.17) is 34.8 Å². The van der Waals surface area contributed by atoms with Gasteiger partial charge in [0.1, 0.15) is 17.6 Å². The van der Waals surface area contributed by atoms with Gasteiger partial charge < -0.3 is 0 Å². The molecular weight excluding hydrogens is 586 g/mol. The first-order chi connectivity index (χ1) is 17.6. The van der Waals surface area contributed by atoms with Gasteiger partial charge in [0.2, 0.25) is 0 Å². The molecule has 1 unspecified atom stereocenters. The van der Waals surface area contributed by atoms with Gasteiger partial charge in [-0.3, -0.25) is 15.2 Å². The van der Waals surface area contributed by atoms with Gasteiger partial charge >= 0.3 is 12.4 Å². The van der Waals surface area contributed by atoms with Gasteiger partial charge in [-0.25, -0.2) is 9.37 Å². The number of aromatic nitrogens is 1. The van der Waals surface area contributed by atoms with E-state index in [1.807, 2.05) is 0 Å². The van der Waals surface area contributed by atoms with E-state index in [1.165, 1.54) is 19.3 Å². The number of rotatable bonds is 6. The molecule has 0 aliphatic heterocycles. The third kappa shape index (κ3) is 6.89. The molecule has 0 saturated heterocycles. The highest BCUT2D eigenvalue weighted by Gasteiger charge is 2.41. The molecule has 0 aliphatic carbocycles. The van der Waals surface area contributed by atoms with Crippen molar-refractivity contribution < 1.29 is 35.5 Å². The maximum Gasteiger partial charge on any atom is 0.417 e. The van der Waals surface area contributed by atoms with Crippen molar-refractivity contribution in [2.24, 2.45) is 0 Å². The third-order valence-corrected chi connectivity index (χ3v) is 6.34. The second kappa shape index (κ2) is 11.4. The third-order valence-electron chi connectivity index (χ3n) is 5.14. The van der Waals surface area contributed by atoms with Crippen molar-refractivity contribution in [1.29, 1.82) is 0 Å². The average Bonchev–Trinajstić information content (AvgIpc) is 2.84. The summed E-state index contributed by atoms with van der Waals surface area (Å²) in [6, 6.07) is 7.95. The highest BCUT2D eigenvalue weighted by molar-refractivity contribution is 6.48. The molecular formula is C24H15Cl3F7N3O. The van der Waals surface area contributed by atoms with E-state index in [0.717, 1.165) is 23.2 Å². The van der Waals surface area contributed by atoms with E-state index in [0.29, 0.717) is 6.07 Å². The lowest BCUT2D eigenvalue weighted by atomic mass is 9.95. The van der Waals surface area contributed by atoms with Crippen LogP contribution in [-0.4, -0.2) is 24.1 Å². The summed E-state index contributed by atoms with van der Waals surface area (Å²) in [6.07, 6.45) is -8.74. The van der Waals surface area contributed by atoms with Crippen LogP contribution in [0.4, 0.5) is 36.6 Å². The summed E-state index contributed by atoms with van der Waals surface area (Å²) in [6.45, 7) is 0. The Kier molecular flexibility index (Phi) is 8.85. The monoisotopic (exact) mass is 599 g/mol. The first-order valence-electron chi connectivity index (χ1n) is 10.4. The zero-order valence-corrected chi connectivity index (χ0v) is 21.2. The number of hydrogen-bond acceptors (Lipinski definition) is 3. The van der Waals surface area contributed by atoms with Crippen molar-refractivity contribution in [1.82, 2.24) is 10.4 Å². The summed E-state index contributed by atoms with van der Waals surface area (Å²) in [5, 5.41) is 0.178. The number of hydrazine groups is 1. The Hall–Kier alpha value is -3.02. The predicted molar refractivity (Wildman–Crippen MR) is 131 cm³/mol. The van der Waals surface area contributed by atoms with E-state index >= 15 is 0 Å². The summed E-state index contributed by atoms with van der Waals surface area (Å²) in [5.41, 5.74) is -1.68. The number of anilines is 1. The summed E-state index contributed by atoms with van der Waals surface area (Å²) in [7, 11) is 1.33. The number of carbonyl (C=O) groups is 1. The summed E-state index contributed by atoms with van der Waals surface area (Å²) in [4.78, 5) is 16.5. The zero-order chi connectivity index (χ0) is 28.4. The van der Waals surface area contributed by atoms with E-state index in [-0.39, 0.29) is 33.0 Å². The minimum Gasteiger partial charge on any atom is -0.271 e. The summed E-state index contributed by atoms with van der Waals surface area (Å²) >= 11 is 17.3. The normalized spacial score (nSPS) is 13.3. The van der Waals surface area contributed by atoms with Crippen LogP contribution in [0, 0.1) is 0 Å². The number of pyridine rings is 1. The first-order valence-corrected chi connectivity index (χ1v) is 11.5. The van der Waals surface area contributed by atoms with Crippen LogP contribution in [0.3, 0.4) is 0 Å². The number of alkyl halides is 6. The summed E-state index contributed by atoms with van der Waals surface area (Å²) < 4.78 is 97.7. The van der Waals surface area contributed by atoms with Crippen LogP contribution in [0.5, 0.6) is 0 Å². The fourth-order valence-corrected chi connectivity index (χ4v) is 3.94. The molecule has 0 radical (unpaired) electrons. The largest absolute Gasteiger partial charge is 0.417 e. The molecule has 4 nitrogen and oxygen atoms in total. The minimum atomic E-state index is -5.15. The zero-order valence-electron chi connectivity index (χ0n) is 18.9. The highest BCUT2D eigenvalue weighted by atomic mass is 35.5. The van der Waals surface area contributed by atoms with Crippen molar-refractivity contribution in [3.63, 3.8) is 0 Å². The maximum absolute atomic E-state index is 15.0. The lowest BCUT2D eigenvalue weighted by molar-refractivity contribution is -0.140. The molecule has 1 N–H and O–H groups in total. The van der Waals surface area contributed by atoms with Gasteiger partial charge in [-0.2, -0.15) is 26.3 Å². The van der Waals surface area contributed by atoms with Gasteiger partial charge in [-0.1, -0.05) is 46.9 Å². The van der Waals surface area contributed by atoms with Gasteiger partial charge in [0, 0.05) is 18.8 Å². The molecule has 1 atom stereocenters. The Morgan fingerprint density at radius 1 is 1.00 bits per heavy atom. The van der Waals surface area contributed by atoms with E-state index in [9.17, 15) is 35.5 Å². The second-order valence-electron chi connectivity index (χ2n) is 7.78. The quantitative estimate of drug-likeness (QED) is 0.175. The summed E-state index contributed by atoms with van der Waals surface area (Å²) in [5.74, 6) is -5.25. The van der Waals surface area contributed by atoms with Crippen molar-refractivity contribution in [2.75, 3.05) is 12.1 Å². The number of hydrogen-bond donors (Lipinski definition) is 1. The molecule has 3 aromatic rings. The van der Waals surface area contributed by atoms with Gasteiger partial charge in [0.25, 0.3) is 5.91 Å². The molecule has 2 aromatic carbocycles. The number of halogens is 10. The maximum atomic E-state index is 15.0. The molecule has 0 bridgehead atoms. The Labute approximate surface area is 226 Å². The molecule has 0 fully saturated rings. The van der Waals surface area contributed by atoms with E-state index in [2.05, 4.69) is 10.4 Å². The van der Waals surface area contributed by atoms with Crippen LogP contribution in [0.1, 0.15) is 33.0 Å². The lowest BCUT2D eigenvalue weighted by Gasteiger charge is -2.21. The van der Waals surface area contributed by atoms with Crippen molar-refractivity contribution in [3.8, 4) is 0 Å². The number of benzene rings is 2. The van der Waals surface area contributed by atoms with Gasteiger partial charge in [-0.05, 0) is 48.0 Å². The van der Waals surface area contributed by atoms with Crippen LogP contribution >= 0.6 is 34.8 Å². The Balaban J connectivity index is 2.01. The molecule has 14 heteroatoms. The number of nitrogens with one attached hydrogen (secondary N) is 1. The van der Waals surface area contributed by atoms with Gasteiger partial charge in [0.15, 0.2) is 0 Å². The highest BCUT2D eigenvalue weighted by Crippen LogP contribution is 2.42. The fourth-order valence-electron chi connectivity index (χ4n) is 3.32. The van der Waals surface area contributed by atoms with Gasteiger partial charge in [-0.15, -0.1) is 0 Å². The molecule has 1 amide bonds. The number of allylic oxidation sites excluding steroid dienone is 1. The van der Waals surface area contributed by atoms with Crippen molar-refractivity contribution in [2.45, 2.75) is 18.3 Å². The number of amides is 1. The number of nitrogens with zero attached hydrogens (tertiary/aromatic N) is 2. The molecule has 1 heterocycles. The van der Waals surface area contributed by atoms with Crippen LogP contribution in [-0.2, 0) is 6.18 Å². The van der Waals surface area contributed by atoms with Crippen LogP contribution in [0.15, 0.2) is 60.8 Å². The van der Waals surface area contributed by atoms with Gasteiger partial charge in [0.05, 0.1) is 26.2 Å². The molecule has 1 aromatic heterocycles. The van der Waals surface area contributed by atoms with E-state index < -0.39 is 52.3 Å². The number of carbonyl (C=O) groups excluding carboxylic acids is 1. The SMILES string of the molecule is CN(NC(=O)c1ccc(C(F)=CC(c2cc(Cl)c(Cl)c(Cl)c2)C(F)(F)F)cc1C(F)(F)F)c1ccccn1. The fraction of sp³-hybridized carbons (Fsp3) is 0.167. The smallest absolute Gasteiger partial charge is 0.271 e. The Morgan fingerprint density at radius 3 is 2.16 bits per heavy atom. The van der Waals surface area contributed by atoms with Crippen LogP contribution in [0.25, 0.3) is 5.83 Å². The first kappa shape index (κ1) is 29.5. The molecule has 0 aliphatic rings. The molecule has 0 spiro atoms. The second-order valence-corrected chi connectivity index (χ2v) is 8.97. The topological polar surface area (TPSA) is 45.2 Å². The standard InChI is InChI=1S/C24H15Cl3F7N3O/c1-37(20-4-2-3-7-35-20)36-22(38)14-6-5-12(8-16(14)24(32,33)34)19(28)11-15(23(29,30)31)13-9-17(25)21(27)18(26)10-13/h2-11,15H,1H3,(H,36,38).